The molecule has 0 aliphatic rings. The Hall–Kier alpha value is -0.900. The summed E-state index contributed by atoms with van der Waals surface area (Å²) < 4.78 is 1.93. The van der Waals surface area contributed by atoms with Crippen LogP contribution in [0.1, 0.15) is 23.3 Å². The number of imidazole rings is 1. The summed E-state index contributed by atoms with van der Waals surface area (Å²) in [6, 6.07) is 0. The third-order valence-electron chi connectivity index (χ3n) is 2.01. The highest BCUT2D eigenvalue weighted by molar-refractivity contribution is 7.16. The van der Waals surface area contributed by atoms with Gasteiger partial charge in [-0.1, -0.05) is 18.3 Å². The molecule has 4 heteroatoms. The number of rotatable bonds is 1. The zero-order chi connectivity index (χ0) is 8.72. The first-order chi connectivity index (χ1) is 5.72. The molecule has 0 saturated heterocycles. The molecule has 3 nitrogen and oxygen atoms in total. The van der Waals surface area contributed by atoms with E-state index in [0.29, 0.717) is 0 Å². The van der Waals surface area contributed by atoms with Crippen LogP contribution < -0.4 is 0 Å². The van der Waals surface area contributed by atoms with E-state index in [1.807, 2.05) is 11.4 Å². The smallest absolute Gasteiger partial charge is 0.212 e. The third-order valence-corrected chi connectivity index (χ3v) is 3.06. The molecule has 0 aliphatic heterocycles. The fourth-order valence-electron chi connectivity index (χ4n) is 1.13. The molecule has 0 fully saturated rings. The Kier molecular flexibility index (Phi) is 1.65. The zero-order valence-electron chi connectivity index (χ0n) is 7.46. The lowest BCUT2D eigenvalue weighted by Gasteiger charge is -1.87. The van der Waals surface area contributed by atoms with Crippen LogP contribution in [0.2, 0.25) is 0 Å². The summed E-state index contributed by atoms with van der Waals surface area (Å²) in [6.45, 7) is 6.18. The minimum atomic E-state index is 0.993. The van der Waals surface area contributed by atoms with Crippen molar-refractivity contribution in [2.24, 2.45) is 0 Å². The van der Waals surface area contributed by atoms with Gasteiger partial charge in [-0.3, -0.25) is 0 Å². The fraction of sp³-hybridized carbons (Fsp3) is 0.500. The van der Waals surface area contributed by atoms with Gasteiger partial charge in [0, 0.05) is 0 Å². The van der Waals surface area contributed by atoms with Crippen molar-refractivity contribution in [3.63, 3.8) is 0 Å². The highest BCUT2D eigenvalue weighted by Gasteiger charge is 2.08. The molecule has 0 spiro atoms. The molecule has 2 aromatic heterocycles. The van der Waals surface area contributed by atoms with Gasteiger partial charge in [-0.2, -0.15) is 5.10 Å². The topological polar surface area (TPSA) is 30.2 Å². The van der Waals surface area contributed by atoms with Crippen LogP contribution in [0.25, 0.3) is 4.96 Å². The van der Waals surface area contributed by atoms with Crippen molar-refractivity contribution in [2.45, 2.75) is 27.2 Å². The van der Waals surface area contributed by atoms with Crippen LogP contribution in [0.4, 0.5) is 0 Å². The average molecular weight is 181 g/mol. The molecule has 0 N–H and O–H groups in total. The molecule has 0 saturated carbocycles. The Labute approximate surface area is 75.1 Å². The predicted octanol–water partition coefficient (Wildman–Crippen LogP) is 1.97. The molecule has 2 heterocycles. The lowest BCUT2D eigenvalue weighted by Crippen LogP contribution is -1.89. The minimum absolute atomic E-state index is 0.993. The van der Waals surface area contributed by atoms with Gasteiger partial charge in [-0.15, -0.1) is 0 Å². The molecule has 0 radical (unpaired) electrons. The van der Waals surface area contributed by atoms with Crippen LogP contribution in [0.15, 0.2) is 0 Å². The van der Waals surface area contributed by atoms with E-state index in [4.69, 9.17) is 0 Å². The van der Waals surface area contributed by atoms with E-state index in [1.54, 1.807) is 11.3 Å². The maximum atomic E-state index is 4.42. The van der Waals surface area contributed by atoms with Crippen molar-refractivity contribution in [3.8, 4) is 0 Å². The van der Waals surface area contributed by atoms with Gasteiger partial charge < -0.3 is 0 Å². The normalized spacial score (nSPS) is 11.2. The van der Waals surface area contributed by atoms with Gasteiger partial charge in [-0.25, -0.2) is 9.50 Å². The van der Waals surface area contributed by atoms with Crippen LogP contribution in [-0.4, -0.2) is 14.6 Å². The Balaban J connectivity index is 2.71. The second-order valence-electron chi connectivity index (χ2n) is 2.83. The third kappa shape index (κ3) is 0.948. The number of hydrogen-bond donors (Lipinski definition) is 0. The largest absolute Gasteiger partial charge is 0.223 e. The molecule has 12 heavy (non-hydrogen) atoms. The van der Waals surface area contributed by atoms with Crippen LogP contribution in [0.3, 0.4) is 0 Å². The van der Waals surface area contributed by atoms with Crippen molar-refractivity contribution in [1.29, 1.82) is 0 Å². The van der Waals surface area contributed by atoms with Gasteiger partial charge in [0.15, 0.2) is 0 Å². The number of hydrogen-bond acceptors (Lipinski definition) is 3. The van der Waals surface area contributed by atoms with Gasteiger partial charge in [0.1, 0.15) is 5.01 Å². The van der Waals surface area contributed by atoms with E-state index < -0.39 is 0 Å². The van der Waals surface area contributed by atoms with Gasteiger partial charge in [0.25, 0.3) is 0 Å². The average Bonchev–Trinajstić information content (AvgIpc) is 2.55. The first-order valence-corrected chi connectivity index (χ1v) is 4.85. The van der Waals surface area contributed by atoms with E-state index in [0.717, 1.165) is 27.8 Å². The first-order valence-electron chi connectivity index (χ1n) is 4.04. The molecule has 2 aromatic rings. The molecular weight excluding hydrogens is 170 g/mol. The molecule has 0 bridgehead atoms. The molecule has 64 valence electrons. The number of fused-ring (bicyclic) bond motifs is 1. The van der Waals surface area contributed by atoms with E-state index in [9.17, 15) is 0 Å². The Morgan fingerprint density at radius 2 is 2.17 bits per heavy atom. The van der Waals surface area contributed by atoms with E-state index in [1.165, 1.54) is 0 Å². The Morgan fingerprint density at radius 1 is 1.42 bits per heavy atom. The summed E-state index contributed by atoms with van der Waals surface area (Å²) in [7, 11) is 0. The zero-order valence-corrected chi connectivity index (χ0v) is 8.27. The molecule has 0 aromatic carbocycles. The van der Waals surface area contributed by atoms with Gasteiger partial charge in [-0.05, 0) is 20.3 Å². The van der Waals surface area contributed by atoms with Crippen LogP contribution >= 0.6 is 11.3 Å². The van der Waals surface area contributed by atoms with Crippen molar-refractivity contribution in [3.05, 3.63) is 16.4 Å². The Bertz CT molecular complexity index is 413. The van der Waals surface area contributed by atoms with Crippen molar-refractivity contribution < 1.29 is 0 Å². The standard InChI is InChI=1S/C8H11N3S/c1-4-7-10-11-6(3)5(2)9-8(11)12-7/h4H2,1-3H3. The van der Waals surface area contributed by atoms with Crippen molar-refractivity contribution in [1.82, 2.24) is 14.6 Å². The summed E-state index contributed by atoms with van der Waals surface area (Å²) in [5, 5.41) is 5.58. The Morgan fingerprint density at radius 3 is 2.75 bits per heavy atom. The summed E-state index contributed by atoms with van der Waals surface area (Å²) in [6.07, 6.45) is 0.993. The van der Waals surface area contributed by atoms with Gasteiger partial charge in [0.05, 0.1) is 11.4 Å². The number of aryl methyl sites for hydroxylation is 3. The number of nitrogens with zero attached hydrogens (tertiary/aromatic N) is 3. The molecule has 0 amide bonds. The summed E-state index contributed by atoms with van der Waals surface area (Å²) in [5.74, 6) is 0. The molecule has 0 atom stereocenters. The van der Waals surface area contributed by atoms with Gasteiger partial charge in [0.2, 0.25) is 4.96 Å². The second-order valence-corrected chi connectivity index (χ2v) is 3.87. The fourth-order valence-corrected chi connectivity index (χ4v) is 2.06. The first kappa shape index (κ1) is 7.73. The van der Waals surface area contributed by atoms with Crippen LogP contribution in [0.5, 0.6) is 0 Å². The highest BCUT2D eigenvalue weighted by Crippen LogP contribution is 2.17. The second kappa shape index (κ2) is 2.55. The van der Waals surface area contributed by atoms with Crippen molar-refractivity contribution in [2.75, 3.05) is 0 Å². The molecular formula is C8H11N3S. The highest BCUT2D eigenvalue weighted by atomic mass is 32.1. The van der Waals surface area contributed by atoms with E-state index in [2.05, 4.69) is 23.9 Å². The van der Waals surface area contributed by atoms with E-state index in [-0.39, 0.29) is 0 Å². The van der Waals surface area contributed by atoms with E-state index >= 15 is 0 Å². The summed E-state index contributed by atoms with van der Waals surface area (Å²) >= 11 is 1.67. The summed E-state index contributed by atoms with van der Waals surface area (Å²) in [4.78, 5) is 5.42. The summed E-state index contributed by atoms with van der Waals surface area (Å²) in [5.41, 5.74) is 2.23. The minimum Gasteiger partial charge on any atom is -0.223 e. The molecule has 0 unspecified atom stereocenters. The SMILES string of the molecule is CCc1nn2c(C)c(C)nc2s1. The maximum absolute atomic E-state index is 4.42. The lowest BCUT2D eigenvalue weighted by molar-refractivity contribution is 0.877. The quantitative estimate of drug-likeness (QED) is 0.673. The van der Waals surface area contributed by atoms with Crippen LogP contribution in [0, 0.1) is 13.8 Å². The monoisotopic (exact) mass is 181 g/mol. The molecule has 0 aliphatic carbocycles. The van der Waals surface area contributed by atoms with Gasteiger partial charge >= 0.3 is 0 Å². The van der Waals surface area contributed by atoms with Crippen molar-refractivity contribution >= 4 is 16.3 Å². The maximum Gasteiger partial charge on any atom is 0.212 e. The number of aromatic nitrogens is 3. The molecule has 2 rings (SSSR count). The predicted molar refractivity (Wildman–Crippen MR) is 49.7 cm³/mol. The van der Waals surface area contributed by atoms with Crippen LogP contribution in [-0.2, 0) is 6.42 Å². The lowest BCUT2D eigenvalue weighted by atomic mass is 10.4.